The molecule has 0 radical (unpaired) electrons. The van der Waals surface area contributed by atoms with Gasteiger partial charge in [-0.25, -0.2) is 0 Å². The molecule has 0 N–H and O–H groups in total. The lowest BCUT2D eigenvalue weighted by molar-refractivity contribution is 1.64. The summed E-state index contributed by atoms with van der Waals surface area (Å²) in [5, 5.41) is 10.0. The molecule has 0 nitrogen and oxygen atoms in total. The lowest BCUT2D eigenvalue weighted by Crippen LogP contribution is -2.74. The summed E-state index contributed by atoms with van der Waals surface area (Å²) in [4.78, 5) is 0. The topological polar surface area (TPSA) is 0 Å². The van der Waals surface area contributed by atoms with Gasteiger partial charge in [-0.15, -0.1) is 0 Å². The Hall–Kier alpha value is -4.85. The van der Waals surface area contributed by atoms with E-state index in [2.05, 4.69) is 238 Å². The fourth-order valence-corrected chi connectivity index (χ4v) is 15.0. The standard InChI is InChI=1S/C24H19BrSi.C18H16Si.C6H5Br/c25-20-16-18-24(19-17-20)26(21-10-4-1-5-11-21,22-12-6-2-7-13-22)23-14-8-3-9-15-23;1-4-10-16(11-5-1)19(17-12-6-2-7-13-17)18-14-8-3-9-15-18;7-6-4-2-1-3-5-6/h1-19H;1-15,19H;1-5H. The Morgan fingerprint density at radius 2 is 0.481 bits per heavy atom. The molecule has 0 spiro atoms. The van der Waals surface area contributed by atoms with Gasteiger partial charge < -0.3 is 0 Å². The van der Waals surface area contributed by atoms with E-state index in [9.17, 15) is 0 Å². The Balaban J connectivity index is 0.000000155. The summed E-state index contributed by atoms with van der Waals surface area (Å²) >= 11 is 6.91. The molecule has 0 aromatic heterocycles. The van der Waals surface area contributed by atoms with E-state index in [1.54, 1.807) is 0 Å². The first-order chi connectivity index (χ1) is 25.7. The molecule has 0 aliphatic heterocycles. The van der Waals surface area contributed by atoms with E-state index < -0.39 is 16.9 Å². The maximum atomic E-state index is 3.60. The number of rotatable bonds is 7. The zero-order valence-corrected chi connectivity index (χ0v) is 34.2. The van der Waals surface area contributed by atoms with E-state index in [1.165, 1.54) is 36.3 Å². The molecular formula is C48H40Br2Si2. The third kappa shape index (κ3) is 9.33. The van der Waals surface area contributed by atoms with Gasteiger partial charge in [0.2, 0.25) is 0 Å². The van der Waals surface area contributed by atoms with E-state index in [0.29, 0.717) is 0 Å². The van der Waals surface area contributed by atoms with Crippen molar-refractivity contribution in [2.24, 2.45) is 0 Å². The molecule has 8 aromatic carbocycles. The first kappa shape index (κ1) is 36.9. The summed E-state index contributed by atoms with van der Waals surface area (Å²) in [5.74, 6) is 0. The van der Waals surface area contributed by atoms with E-state index >= 15 is 0 Å². The lowest BCUT2D eigenvalue weighted by atomic mass is 10.3. The van der Waals surface area contributed by atoms with Gasteiger partial charge in [0.15, 0.2) is 8.07 Å². The van der Waals surface area contributed by atoms with E-state index in [1.807, 2.05) is 30.3 Å². The monoisotopic (exact) mass is 830 g/mol. The van der Waals surface area contributed by atoms with Crippen molar-refractivity contribution >= 4 is 85.0 Å². The molecular weight excluding hydrogens is 793 g/mol. The normalized spacial score (nSPS) is 10.7. The molecule has 0 aliphatic carbocycles. The SMILES string of the molecule is Brc1ccc([Si](c2ccccc2)(c2ccccc2)c2ccccc2)cc1.Brc1ccccc1.c1ccc([SiH](c2ccccc2)c2ccccc2)cc1. The van der Waals surface area contributed by atoms with Gasteiger partial charge in [0.05, 0.1) is 0 Å². The van der Waals surface area contributed by atoms with Crippen molar-refractivity contribution in [1.29, 1.82) is 0 Å². The molecule has 0 aliphatic rings. The lowest BCUT2D eigenvalue weighted by Gasteiger charge is -2.34. The third-order valence-electron chi connectivity index (χ3n) is 9.03. The fraction of sp³-hybridized carbons (Fsp3) is 0. The molecule has 8 rings (SSSR count). The zero-order valence-electron chi connectivity index (χ0n) is 28.8. The van der Waals surface area contributed by atoms with Crippen LogP contribution < -0.4 is 36.3 Å². The molecule has 0 fully saturated rings. The zero-order chi connectivity index (χ0) is 35.9. The fourth-order valence-electron chi connectivity index (χ4n) is 6.69. The summed E-state index contributed by atoms with van der Waals surface area (Å²) in [5.41, 5.74) is 0. The molecule has 0 saturated heterocycles. The van der Waals surface area contributed by atoms with Gasteiger partial charge in [0.1, 0.15) is 8.80 Å². The van der Waals surface area contributed by atoms with E-state index in [4.69, 9.17) is 0 Å². The summed E-state index contributed by atoms with van der Waals surface area (Å²) in [6.07, 6.45) is 0. The predicted molar refractivity (Wildman–Crippen MR) is 237 cm³/mol. The average Bonchev–Trinajstić information content (AvgIpc) is 3.22. The van der Waals surface area contributed by atoms with Crippen molar-refractivity contribution in [3.63, 3.8) is 0 Å². The summed E-state index contributed by atoms with van der Waals surface area (Å²) < 4.78 is 2.24. The number of hydrogen-bond donors (Lipinski definition) is 0. The molecule has 0 saturated carbocycles. The van der Waals surface area contributed by atoms with Crippen LogP contribution in [0.4, 0.5) is 0 Å². The highest BCUT2D eigenvalue weighted by Gasteiger charge is 2.41. The molecule has 4 heteroatoms. The first-order valence-electron chi connectivity index (χ1n) is 17.4. The first-order valence-corrected chi connectivity index (χ1v) is 22.8. The van der Waals surface area contributed by atoms with Crippen LogP contribution >= 0.6 is 31.9 Å². The highest BCUT2D eigenvalue weighted by Crippen LogP contribution is 2.12. The molecule has 0 bridgehead atoms. The van der Waals surface area contributed by atoms with Crippen LogP contribution in [0.15, 0.2) is 246 Å². The second-order valence-electron chi connectivity index (χ2n) is 12.3. The van der Waals surface area contributed by atoms with E-state index in [0.717, 1.165) is 8.95 Å². The molecule has 52 heavy (non-hydrogen) atoms. The van der Waals surface area contributed by atoms with Crippen molar-refractivity contribution in [2.75, 3.05) is 0 Å². The van der Waals surface area contributed by atoms with Gasteiger partial charge in [0.25, 0.3) is 0 Å². The second kappa shape index (κ2) is 19.1. The van der Waals surface area contributed by atoms with Crippen molar-refractivity contribution in [3.8, 4) is 0 Å². The molecule has 0 atom stereocenters. The van der Waals surface area contributed by atoms with E-state index in [-0.39, 0.29) is 0 Å². The van der Waals surface area contributed by atoms with Gasteiger partial charge >= 0.3 is 0 Å². The second-order valence-corrected chi connectivity index (χ2v) is 20.8. The van der Waals surface area contributed by atoms with Crippen LogP contribution in [0.1, 0.15) is 0 Å². The maximum absolute atomic E-state index is 3.60. The maximum Gasteiger partial charge on any atom is 0.179 e. The Bertz CT molecular complexity index is 1980. The highest BCUT2D eigenvalue weighted by atomic mass is 79.9. The quantitative estimate of drug-likeness (QED) is 0.112. The van der Waals surface area contributed by atoms with Crippen LogP contribution in [0.2, 0.25) is 0 Å². The van der Waals surface area contributed by atoms with Gasteiger partial charge in [-0.3, -0.25) is 0 Å². The minimum atomic E-state index is -2.34. The van der Waals surface area contributed by atoms with Gasteiger partial charge in [-0.05, 0) is 45.0 Å². The molecule has 0 amide bonds. The van der Waals surface area contributed by atoms with Crippen LogP contribution in [0, 0.1) is 0 Å². The Kier molecular flexibility index (Phi) is 13.6. The van der Waals surface area contributed by atoms with Crippen molar-refractivity contribution in [1.82, 2.24) is 0 Å². The molecule has 0 heterocycles. The highest BCUT2D eigenvalue weighted by molar-refractivity contribution is 9.10. The minimum Gasteiger partial charge on any atom is -0.0625 e. The Labute approximate surface area is 328 Å². The number of hydrogen-bond acceptors (Lipinski definition) is 0. The van der Waals surface area contributed by atoms with Gasteiger partial charge in [-0.2, -0.15) is 0 Å². The summed E-state index contributed by atoms with van der Waals surface area (Å²) in [6.45, 7) is 0. The van der Waals surface area contributed by atoms with Crippen molar-refractivity contribution < 1.29 is 0 Å². The van der Waals surface area contributed by atoms with Gasteiger partial charge in [0, 0.05) is 8.95 Å². The largest absolute Gasteiger partial charge is 0.179 e. The predicted octanol–water partition coefficient (Wildman–Crippen LogP) is 8.21. The summed E-state index contributed by atoms with van der Waals surface area (Å²) in [7, 11) is -3.65. The number of benzene rings is 8. The van der Waals surface area contributed by atoms with Crippen LogP contribution in [0.5, 0.6) is 0 Å². The van der Waals surface area contributed by atoms with Crippen molar-refractivity contribution in [2.45, 2.75) is 0 Å². The third-order valence-corrected chi connectivity index (χ3v) is 18.0. The van der Waals surface area contributed by atoms with Crippen molar-refractivity contribution in [3.05, 3.63) is 246 Å². The average molecular weight is 833 g/mol. The Morgan fingerprint density at radius 3 is 0.750 bits per heavy atom. The molecule has 8 aromatic rings. The van der Waals surface area contributed by atoms with Crippen LogP contribution in [-0.2, 0) is 0 Å². The Morgan fingerprint density at radius 1 is 0.250 bits per heavy atom. The molecule has 0 unspecified atom stereocenters. The van der Waals surface area contributed by atoms with Gasteiger partial charge in [-0.1, -0.05) is 260 Å². The van der Waals surface area contributed by atoms with Crippen LogP contribution in [-0.4, -0.2) is 16.9 Å². The van der Waals surface area contributed by atoms with Crippen LogP contribution in [0.3, 0.4) is 0 Å². The smallest absolute Gasteiger partial charge is 0.0625 e. The molecule has 254 valence electrons. The number of halogens is 2. The van der Waals surface area contributed by atoms with Crippen LogP contribution in [0.25, 0.3) is 0 Å². The summed E-state index contributed by atoms with van der Waals surface area (Å²) in [6, 6.07) is 84.5. The minimum absolute atomic E-state index is 1.11.